The molecule has 0 amide bonds. The highest BCUT2D eigenvalue weighted by atomic mass is 16.7. The molecule has 0 aromatic rings. The van der Waals surface area contributed by atoms with Crippen molar-refractivity contribution in [3.63, 3.8) is 0 Å². The van der Waals surface area contributed by atoms with Crippen LogP contribution < -0.4 is 0 Å². The average molecular weight is 799 g/mol. The van der Waals surface area contributed by atoms with Gasteiger partial charge in [-0.05, 0) is 12.8 Å². The summed E-state index contributed by atoms with van der Waals surface area (Å²) >= 11 is 0. The molecule has 0 bridgehead atoms. The van der Waals surface area contributed by atoms with Gasteiger partial charge in [-0.15, -0.1) is 0 Å². The van der Waals surface area contributed by atoms with E-state index in [9.17, 15) is 19.5 Å². The summed E-state index contributed by atoms with van der Waals surface area (Å²) in [6.07, 6.45) is 37.6. The van der Waals surface area contributed by atoms with Gasteiger partial charge in [-0.3, -0.25) is 9.59 Å². The van der Waals surface area contributed by atoms with E-state index >= 15 is 0 Å². The number of carboxylic acids is 1. The van der Waals surface area contributed by atoms with E-state index in [0.717, 1.165) is 38.5 Å². The third kappa shape index (κ3) is 40.5. The highest BCUT2D eigenvalue weighted by molar-refractivity contribution is 5.71. The highest BCUT2D eigenvalue weighted by Crippen LogP contribution is 2.16. The van der Waals surface area contributed by atoms with E-state index in [1.165, 1.54) is 161 Å². The SMILES string of the molecule is CCCCCCCCCCCCCCCCCCCCCCCCCC(=O)OC(COC(=O)CCCCCCCCCC)COC(OCC[N+](C)(C)C)C(=O)O. The van der Waals surface area contributed by atoms with Crippen molar-refractivity contribution in [3.05, 3.63) is 0 Å². The molecule has 0 aromatic heterocycles. The first-order valence-corrected chi connectivity index (χ1v) is 23.7. The van der Waals surface area contributed by atoms with E-state index < -0.39 is 18.4 Å². The molecular formula is C47H92NO8+. The molecular weight excluding hydrogens is 707 g/mol. The Morgan fingerprint density at radius 3 is 1.14 bits per heavy atom. The number of ether oxygens (including phenoxy) is 4. The second-order valence-electron chi connectivity index (χ2n) is 17.4. The molecule has 0 rings (SSSR count). The lowest BCUT2D eigenvalue weighted by Gasteiger charge is -2.25. The minimum atomic E-state index is -1.50. The lowest BCUT2D eigenvalue weighted by Crippen LogP contribution is -2.40. The number of aliphatic carboxylic acids is 1. The molecule has 332 valence electrons. The van der Waals surface area contributed by atoms with Crippen molar-refractivity contribution in [1.29, 1.82) is 0 Å². The number of rotatable bonds is 44. The van der Waals surface area contributed by atoms with Gasteiger partial charge in [-0.25, -0.2) is 4.79 Å². The van der Waals surface area contributed by atoms with Crippen LogP contribution in [0, 0.1) is 0 Å². The van der Waals surface area contributed by atoms with E-state index in [0.29, 0.717) is 17.4 Å². The second kappa shape index (κ2) is 40.1. The van der Waals surface area contributed by atoms with Gasteiger partial charge in [-0.2, -0.15) is 0 Å². The van der Waals surface area contributed by atoms with Gasteiger partial charge in [0.25, 0.3) is 6.29 Å². The number of unbranched alkanes of at least 4 members (excludes halogenated alkanes) is 29. The van der Waals surface area contributed by atoms with Crippen LogP contribution in [0.2, 0.25) is 0 Å². The summed E-state index contributed by atoms with van der Waals surface area (Å²) < 4.78 is 22.7. The molecule has 0 saturated heterocycles. The first kappa shape index (κ1) is 54.3. The molecule has 2 atom stereocenters. The number of likely N-dealkylation sites (N-methyl/N-ethyl adjacent to an activating group) is 1. The van der Waals surface area contributed by atoms with Crippen LogP contribution in [-0.2, 0) is 33.3 Å². The number of carbonyl (C=O) groups excluding carboxylic acids is 2. The first-order chi connectivity index (χ1) is 27.1. The molecule has 0 spiro atoms. The van der Waals surface area contributed by atoms with Crippen LogP contribution in [0.4, 0.5) is 0 Å². The van der Waals surface area contributed by atoms with Gasteiger partial charge in [0.05, 0.1) is 34.4 Å². The Morgan fingerprint density at radius 1 is 0.464 bits per heavy atom. The Hall–Kier alpha value is -1.71. The van der Waals surface area contributed by atoms with Crippen molar-refractivity contribution in [1.82, 2.24) is 0 Å². The van der Waals surface area contributed by atoms with Gasteiger partial charge in [0.1, 0.15) is 13.2 Å². The maximum absolute atomic E-state index is 12.7. The lowest BCUT2D eigenvalue weighted by atomic mass is 10.0. The van der Waals surface area contributed by atoms with Gasteiger partial charge in [0.15, 0.2) is 6.10 Å². The Labute approximate surface area is 345 Å². The minimum Gasteiger partial charge on any atom is -0.477 e. The van der Waals surface area contributed by atoms with Crippen LogP contribution >= 0.6 is 0 Å². The van der Waals surface area contributed by atoms with E-state index in [1.54, 1.807) is 0 Å². The standard InChI is InChI=1S/C47H91NO8/c1-6-8-10-12-14-16-17-18-19-20-21-22-23-24-25-26-27-28-29-30-32-34-36-38-45(50)56-43(42-55-47(46(51)52)53-40-39-48(3,4)5)41-54-44(49)37-35-33-31-15-13-11-9-7-2/h43,47H,6-42H2,1-5H3/p+1. The van der Waals surface area contributed by atoms with E-state index in [-0.39, 0.29) is 38.2 Å². The molecule has 0 aliphatic heterocycles. The predicted octanol–water partition coefficient (Wildman–Crippen LogP) is 12.5. The molecule has 2 unspecified atom stereocenters. The number of esters is 2. The Kier molecular flexibility index (Phi) is 38.9. The largest absolute Gasteiger partial charge is 0.477 e. The summed E-state index contributed by atoms with van der Waals surface area (Å²) in [7, 11) is 5.96. The number of hydrogen-bond acceptors (Lipinski definition) is 7. The molecule has 0 radical (unpaired) electrons. The fourth-order valence-electron chi connectivity index (χ4n) is 6.90. The third-order valence-electron chi connectivity index (χ3n) is 10.6. The van der Waals surface area contributed by atoms with Crippen LogP contribution in [0.5, 0.6) is 0 Å². The number of nitrogens with zero attached hydrogens (tertiary/aromatic N) is 1. The molecule has 56 heavy (non-hydrogen) atoms. The normalized spacial score (nSPS) is 12.8. The van der Waals surface area contributed by atoms with Crippen molar-refractivity contribution in [2.75, 3.05) is 47.5 Å². The molecule has 9 heteroatoms. The molecule has 0 heterocycles. The average Bonchev–Trinajstić information content (AvgIpc) is 3.15. The number of hydrogen-bond donors (Lipinski definition) is 1. The highest BCUT2D eigenvalue weighted by Gasteiger charge is 2.25. The van der Waals surface area contributed by atoms with Crippen LogP contribution in [-0.4, -0.2) is 87.4 Å². The van der Waals surface area contributed by atoms with E-state index in [2.05, 4.69) is 13.8 Å². The molecule has 0 aliphatic rings. The van der Waals surface area contributed by atoms with E-state index in [1.807, 2.05) is 21.1 Å². The topological polar surface area (TPSA) is 108 Å². The molecule has 0 saturated carbocycles. The van der Waals surface area contributed by atoms with Gasteiger partial charge >= 0.3 is 17.9 Å². The fourth-order valence-corrected chi connectivity index (χ4v) is 6.90. The fraction of sp³-hybridized carbons (Fsp3) is 0.936. The summed E-state index contributed by atoms with van der Waals surface area (Å²) in [6.45, 7) is 4.87. The quantitative estimate of drug-likeness (QED) is 0.0281. The van der Waals surface area contributed by atoms with Crippen molar-refractivity contribution in [2.45, 2.75) is 238 Å². The van der Waals surface area contributed by atoms with Crippen LogP contribution in [0.25, 0.3) is 0 Å². The maximum atomic E-state index is 12.7. The molecule has 0 aromatic carbocycles. The second-order valence-corrected chi connectivity index (χ2v) is 17.4. The first-order valence-electron chi connectivity index (χ1n) is 23.7. The number of carboxylic acid groups (broad SMARTS) is 1. The van der Waals surface area contributed by atoms with Crippen LogP contribution in [0.3, 0.4) is 0 Å². The van der Waals surface area contributed by atoms with Gasteiger partial charge in [0, 0.05) is 12.8 Å². The molecule has 1 N–H and O–H groups in total. The molecule has 9 nitrogen and oxygen atoms in total. The van der Waals surface area contributed by atoms with Crippen LogP contribution in [0.15, 0.2) is 0 Å². The summed E-state index contributed by atoms with van der Waals surface area (Å²) in [4.78, 5) is 37.0. The van der Waals surface area contributed by atoms with Crippen molar-refractivity contribution in [2.24, 2.45) is 0 Å². The third-order valence-corrected chi connectivity index (χ3v) is 10.6. The zero-order valence-corrected chi connectivity index (χ0v) is 37.6. The predicted molar refractivity (Wildman–Crippen MR) is 231 cm³/mol. The number of carbonyl (C=O) groups is 3. The van der Waals surface area contributed by atoms with Gasteiger partial charge in [-0.1, -0.05) is 200 Å². The Morgan fingerprint density at radius 2 is 0.804 bits per heavy atom. The summed E-state index contributed by atoms with van der Waals surface area (Å²) in [5.41, 5.74) is 0. The van der Waals surface area contributed by atoms with E-state index in [4.69, 9.17) is 18.9 Å². The maximum Gasteiger partial charge on any atom is 0.361 e. The van der Waals surface area contributed by atoms with Gasteiger partial charge < -0.3 is 28.5 Å². The lowest BCUT2D eigenvalue weighted by molar-refractivity contribution is -0.870. The van der Waals surface area contributed by atoms with Crippen molar-refractivity contribution < 1.29 is 42.9 Å². The van der Waals surface area contributed by atoms with Crippen molar-refractivity contribution >= 4 is 17.9 Å². The zero-order valence-electron chi connectivity index (χ0n) is 37.6. The Balaban J connectivity index is 4.18. The smallest absolute Gasteiger partial charge is 0.361 e. The molecule has 0 fully saturated rings. The monoisotopic (exact) mass is 799 g/mol. The Bertz CT molecular complexity index is 892. The number of quaternary nitrogens is 1. The van der Waals surface area contributed by atoms with Crippen molar-refractivity contribution in [3.8, 4) is 0 Å². The summed E-state index contributed by atoms with van der Waals surface area (Å²) in [6, 6.07) is 0. The van der Waals surface area contributed by atoms with Crippen LogP contribution in [0.1, 0.15) is 226 Å². The molecule has 0 aliphatic carbocycles. The van der Waals surface area contributed by atoms with Gasteiger partial charge in [0.2, 0.25) is 0 Å². The summed E-state index contributed by atoms with van der Waals surface area (Å²) in [5, 5.41) is 9.61. The summed E-state index contributed by atoms with van der Waals surface area (Å²) in [5.74, 6) is -1.99. The zero-order chi connectivity index (χ0) is 41.4. The minimum absolute atomic E-state index is 0.174.